The molecular formula is C22H15N3O2S2. The molecule has 3 aromatic carbocycles. The zero-order chi connectivity index (χ0) is 19.8. The molecule has 0 atom stereocenters. The molecule has 0 bridgehead atoms. The van der Waals surface area contributed by atoms with Gasteiger partial charge in [0.15, 0.2) is 0 Å². The van der Waals surface area contributed by atoms with Gasteiger partial charge in [-0.15, -0.1) is 11.3 Å². The first-order valence-corrected chi connectivity index (χ1v) is 11.3. The van der Waals surface area contributed by atoms with E-state index >= 15 is 0 Å². The van der Waals surface area contributed by atoms with Crippen LogP contribution in [0, 0.1) is 0 Å². The fourth-order valence-corrected chi connectivity index (χ4v) is 5.19. The molecule has 142 valence electrons. The number of sulfone groups is 1. The van der Waals surface area contributed by atoms with Gasteiger partial charge in [0.1, 0.15) is 0 Å². The Labute approximate surface area is 171 Å². The number of hydrogen-bond donors (Lipinski definition) is 1. The average molecular weight is 418 g/mol. The topological polar surface area (TPSA) is 72.0 Å². The Balaban J connectivity index is 1.60. The highest BCUT2D eigenvalue weighted by Gasteiger charge is 2.18. The number of nitrogens with one attached hydrogen (secondary N) is 1. The molecule has 1 N–H and O–H groups in total. The van der Waals surface area contributed by atoms with Crippen LogP contribution in [0.25, 0.3) is 21.1 Å². The lowest BCUT2D eigenvalue weighted by Gasteiger charge is -2.11. The van der Waals surface area contributed by atoms with Crippen molar-refractivity contribution in [2.45, 2.75) is 9.79 Å². The van der Waals surface area contributed by atoms with E-state index in [-0.39, 0.29) is 9.79 Å². The Morgan fingerprint density at radius 2 is 1.66 bits per heavy atom. The van der Waals surface area contributed by atoms with Gasteiger partial charge in [-0.05, 0) is 54.6 Å². The average Bonchev–Trinajstić information content (AvgIpc) is 3.22. The van der Waals surface area contributed by atoms with Gasteiger partial charge in [0.25, 0.3) is 0 Å². The van der Waals surface area contributed by atoms with Crippen molar-refractivity contribution in [3.05, 3.63) is 84.5 Å². The van der Waals surface area contributed by atoms with Crippen LogP contribution in [-0.4, -0.2) is 18.4 Å². The van der Waals surface area contributed by atoms with E-state index in [2.05, 4.69) is 15.3 Å². The predicted molar refractivity (Wildman–Crippen MR) is 117 cm³/mol. The maximum atomic E-state index is 13.0. The Kier molecular flexibility index (Phi) is 4.26. The van der Waals surface area contributed by atoms with Crippen molar-refractivity contribution in [2.75, 3.05) is 5.32 Å². The molecule has 0 spiro atoms. The number of pyridine rings is 1. The molecule has 5 nitrogen and oxygen atoms in total. The van der Waals surface area contributed by atoms with Gasteiger partial charge >= 0.3 is 0 Å². The number of aromatic nitrogens is 2. The lowest BCUT2D eigenvalue weighted by atomic mass is 10.2. The van der Waals surface area contributed by atoms with Crippen LogP contribution in [0.5, 0.6) is 0 Å². The maximum Gasteiger partial charge on any atom is 0.206 e. The highest BCUT2D eigenvalue weighted by molar-refractivity contribution is 7.91. The summed E-state index contributed by atoms with van der Waals surface area (Å²) in [4.78, 5) is 9.23. The van der Waals surface area contributed by atoms with Gasteiger partial charge in [-0.2, -0.15) is 0 Å². The van der Waals surface area contributed by atoms with Crippen LogP contribution >= 0.6 is 11.3 Å². The summed E-state index contributed by atoms with van der Waals surface area (Å²) in [5, 5.41) is 4.12. The molecule has 0 unspecified atom stereocenters. The molecule has 0 fully saturated rings. The highest BCUT2D eigenvalue weighted by Crippen LogP contribution is 2.31. The zero-order valence-corrected chi connectivity index (χ0v) is 16.7. The maximum absolute atomic E-state index is 13.0. The van der Waals surface area contributed by atoms with Gasteiger partial charge in [-0.25, -0.2) is 13.4 Å². The number of rotatable bonds is 4. The van der Waals surface area contributed by atoms with Crippen molar-refractivity contribution < 1.29 is 8.42 Å². The summed E-state index contributed by atoms with van der Waals surface area (Å²) in [6.07, 6.45) is 1.71. The number of thiazole rings is 1. The summed E-state index contributed by atoms with van der Waals surface area (Å²) >= 11 is 1.59. The second kappa shape index (κ2) is 6.95. The van der Waals surface area contributed by atoms with Gasteiger partial charge < -0.3 is 5.32 Å². The Morgan fingerprint density at radius 1 is 0.793 bits per heavy atom. The Morgan fingerprint density at radius 3 is 2.52 bits per heavy atom. The minimum atomic E-state index is -3.61. The monoisotopic (exact) mass is 417 g/mol. The summed E-state index contributed by atoms with van der Waals surface area (Å²) in [7, 11) is -3.61. The summed E-state index contributed by atoms with van der Waals surface area (Å²) < 4.78 is 27.1. The predicted octanol–water partition coefficient (Wildman–Crippen LogP) is 5.42. The molecule has 0 saturated heterocycles. The van der Waals surface area contributed by atoms with E-state index in [9.17, 15) is 8.42 Å². The summed E-state index contributed by atoms with van der Waals surface area (Å²) in [5.74, 6) is 0. The molecule has 0 radical (unpaired) electrons. The molecule has 0 aliphatic rings. The van der Waals surface area contributed by atoms with Crippen LogP contribution in [-0.2, 0) is 9.84 Å². The van der Waals surface area contributed by atoms with Crippen molar-refractivity contribution in [1.29, 1.82) is 0 Å². The van der Waals surface area contributed by atoms with Crippen molar-refractivity contribution >= 4 is 53.7 Å². The number of anilines is 2. The molecule has 29 heavy (non-hydrogen) atoms. The van der Waals surface area contributed by atoms with Crippen LogP contribution in [0.15, 0.2) is 94.3 Å². The third-order valence-corrected chi connectivity index (χ3v) is 7.26. The number of fused-ring (bicyclic) bond motifs is 2. The molecule has 7 heteroatoms. The molecular weight excluding hydrogens is 402 g/mol. The normalized spacial score (nSPS) is 11.7. The lowest BCUT2D eigenvalue weighted by Crippen LogP contribution is -2.02. The Bertz CT molecular complexity index is 1450. The number of hydrogen-bond acceptors (Lipinski definition) is 6. The molecule has 0 saturated carbocycles. The van der Waals surface area contributed by atoms with Crippen LogP contribution in [0.4, 0.5) is 11.4 Å². The van der Waals surface area contributed by atoms with Crippen molar-refractivity contribution in [1.82, 2.24) is 9.97 Å². The second-order valence-corrected chi connectivity index (χ2v) is 9.35. The lowest BCUT2D eigenvalue weighted by molar-refractivity contribution is 0.596. The molecule has 0 amide bonds. The van der Waals surface area contributed by atoms with Crippen LogP contribution in [0.3, 0.4) is 0 Å². The largest absolute Gasteiger partial charge is 0.355 e. The minimum Gasteiger partial charge on any atom is -0.355 e. The van der Waals surface area contributed by atoms with Gasteiger partial charge in [-0.1, -0.05) is 18.2 Å². The van der Waals surface area contributed by atoms with Crippen molar-refractivity contribution in [2.24, 2.45) is 0 Å². The standard InChI is InChI=1S/C22H15N3O2S2/c26-29(27,16-4-2-1-3-5-16)17-7-8-19-18(13-17)20(10-11-23-19)25-15-6-9-22-21(12-15)24-14-28-22/h1-14H,(H,23,25). The minimum absolute atomic E-state index is 0.238. The van der Waals surface area contributed by atoms with E-state index in [1.165, 1.54) is 0 Å². The van der Waals surface area contributed by atoms with E-state index < -0.39 is 9.84 Å². The van der Waals surface area contributed by atoms with E-state index in [4.69, 9.17) is 0 Å². The highest BCUT2D eigenvalue weighted by atomic mass is 32.2. The Hall–Kier alpha value is -3.29. The second-order valence-electron chi connectivity index (χ2n) is 6.51. The number of nitrogens with zero attached hydrogens (tertiary/aromatic N) is 2. The summed E-state index contributed by atoms with van der Waals surface area (Å²) in [6.45, 7) is 0. The van der Waals surface area contributed by atoms with E-state index in [1.807, 2.05) is 29.8 Å². The molecule has 0 aliphatic carbocycles. The first-order chi connectivity index (χ1) is 14.1. The third-order valence-electron chi connectivity index (χ3n) is 4.69. The summed E-state index contributed by atoms with van der Waals surface area (Å²) in [5.41, 5.74) is 5.13. The van der Waals surface area contributed by atoms with Crippen molar-refractivity contribution in [3.8, 4) is 0 Å². The quantitative estimate of drug-likeness (QED) is 0.423. The molecule has 5 aromatic rings. The van der Waals surface area contributed by atoms with Crippen LogP contribution in [0.1, 0.15) is 0 Å². The van der Waals surface area contributed by atoms with Crippen LogP contribution < -0.4 is 5.32 Å². The fraction of sp³-hybridized carbons (Fsp3) is 0. The van der Waals surface area contributed by atoms with Gasteiger partial charge in [0.2, 0.25) is 9.84 Å². The smallest absolute Gasteiger partial charge is 0.206 e. The van der Waals surface area contributed by atoms with E-state index in [0.29, 0.717) is 0 Å². The third kappa shape index (κ3) is 3.24. The molecule has 0 aliphatic heterocycles. The molecule has 2 aromatic heterocycles. The number of benzene rings is 3. The van der Waals surface area contributed by atoms with E-state index in [1.54, 1.807) is 66.1 Å². The van der Waals surface area contributed by atoms with Crippen LogP contribution in [0.2, 0.25) is 0 Å². The van der Waals surface area contributed by atoms with Crippen molar-refractivity contribution in [3.63, 3.8) is 0 Å². The first-order valence-electron chi connectivity index (χ1n) is 8.90. The SMILES string of the molecule is O=S(=O)(c1ccccc1)c1ccc2nccc(Nc3ccc4scnc4c3)c2c1. The molecule has 5 rings (SSSR count). The zero-order valence-electron chi connectivity index (χ0n) is 15.1. The van der Waals surface area contributed by atoms with Gasteiger partial charge in [-0.3, -0.25) is 4.98 Å². The first kappa shape index (κ1) is 17.8. The van der Waals surface area contributed by atoms with Gasteiger partial charge in [0, 0.05) is 23.0 Å². The molecule has 2 heterocycles. The van der Waals surface area contributed by atoms with E-state index in [0.717, 1.165) is 32.5 Å². The van der Waals surface area contributed by atoms with Gasteiger partial charge in [0.05, 0.1) is 31.0 Å². The fourth-order valence-electron chi connectivity index (χ4n) is 3.23. The summed E-state index contributed by atoms with van der Waals surface area (Å²) in [6, 6.07) is 21.3.